The van der Waals surface area contributed by atoms with Crippen LogP contribution < -0.4 is 0 Å². The van der Waals surface area contributed by atoms with Crippen molar-refractivity contribution in [3.63, 3.8) is 0 Å². The van der Waals surface area contributed by atoms with Crippen molar-refractivity contribution in [2.75, 3.05) is 0 Å². The lowest BCUT2D eigenvalue weighted by molar-refractivity contribution is 0.322. The number of rotatable bonds is 0. The quantitative estimate of drug-likeness (QED) is 0.251. The summed E-state index contributed by atoms with van der Waals surface area (Å²) in [5.41, 5.74) is 0. The van der Waals surface area contributed by atoms with Crippen molar-refractivity contribution >= 4 is 14.0 Å². The lowest BCUT2D eigenvalue weighted by atomic mass is 11.7. The summed E-state index contributed by atoms with van der Waals surface area (Å²) in [6.07, 6.45) is 0.750. The van der Waals surface area contributed by atoms with E-state index in [9.17, 15) is 4.20 Å². The summed E-state index contributed by atoms with van der Waals surface area (Å²) < 4.78 is 19.0. The maximum Gasteiger partial charge on any atom is 0.507 e. The number of carbonyl (C=O) groups excluding carboxylic acids is 1. The summed E-state index contributed by atoms with van der Waals surface area (Å²) in [4.78, 5) is 22.3. The van der Waals surface area contributed by atoms with Gasteiger partial charge in [-0.25, -0.2) is 14.8 Å². The second kappa shape index (κ2) is 4.61. The summed E-state index contributed by atoms with van der Waals surface area (Å²) in [6.45, 7) is 0. The van der Waals surface area contributed by atoms with Crippen molar-refractivity contribution in [1.82, 2.24) is 0 Å². The maximum absolute atomic E-state index is 10.4. The molecule has 0 saturated carbocycles. The van der Waals surface area contributed by atoms with Crippen LogP contribution in [0.25, 0.3) is 0 Å². The van der Waals surface area contributed by atoms with Gasteiger partial charge in [-0.05, 0) is 0 Å². The normalized spacial score (nSPS) is 8.38. The molecular formula is CH3FNO4P. The molecule has 0 aromatic carbocycles. The van der Waals surface area contributed by atoms with Crippen LogP contribution in [0, 0.1) is 5.41 Å². The zero-order chi connectivity index (χ0) is 7.21. The molecule has 0 saturated heterocycles. The highest BCUT2D eigenvalue weighted by Gasteiger charge is 2.04. The molecule has 0 unspecified atom stereocenters. The van der Waals surface area contributed by atoms with Crippen LogP contribution in [0.3, 0.4) is 0 Å². The van der Waals surface area contributed by atoms with Gasteiger partial charge < -0.3 is 0 Å². The lowest BCUT2D eigenvalue weighted by Crippen LogP contribution is -1.56. The van der Waals surface area contributed by atoms with Crippen LogP contribution in [0.2, 0.25) is 0 Å². The van der Waals surface area contributed by atoms with Crippen LogP contribution in [0.1, 0.15) is 0 Å². The van der Waals surface area contributed by atoms with Crippen LogP contribution in [0.5, 0.6) is 0 Å². The van der Waals surface area contributed by atoms with Crippen molar-refractivity contribution < 1.29 is 23.3 Å². The molecule has 0 radical (unpaired) electrons. The zero-order valence-corrected chi connectivity index (χ0v) is 4.43. The standard InChI is InChI=1S/CHNO.FH2O3P/c2-1-3;1-5(2,3)4/h2H;(H2,2,3,4). The topological polar surface area (TPSA) is 98.5 Å². The van der Waals surface area contributed by atoms with E-state index in [-0.39, 0.29) is 0 Å². The molecule has 0 aromatic heterocycles. The van der Waals surface area contributed by atoms with Gasteiger partial charge >= 0.3 is 7.91 Å². The van der Waals surface area contributed by atoms with Crippen molar-refractivity contribution in [3.05, 3.63) is 0 Å². The molecule has 0 rings (SSSR count). The average Bonchev–Trinajstić information content (AvgIpc) is 1.27. The first-order chi connectivity index (χ1) is 3.41. The van der Waals surface area contributed by atoms with E-state index in [0.717, 1.165) is 6.08 Å². The van der Waals surface area contributed by atoms with Crippen LogP contribution in [-0.4, -0.2) is 15.9 Å². The Morgan fingerprint density at radius 3 is 1.62 bits per heavy atom. The smallest absolute Gasteiger partial charge is 0.299 e. The van der Waals surface area contributed by atoms with Gasteiger partial charge in [-0.3, -0.25) is 9.79 Å². The molecule has 7 heteroatoms. The first kappa shape index (κ1) is 10.4. The van der Waals surface area contributed by atoms with E-state index >= 15 is 0 Å². The molecule has 0 aromatic rings. The summed E-state index contributed by atoms with van der Waals surface area (Å²) >= 11 is 0. The van der Waals surface area contributed by atoms with Crippen molar-refractivity contribution in [2.24, 2.45) is 0 Å². The Bertz CT molecular complexity index is 114. The van der Waals surface area contributed by atoms with E-state index in [1.807, 2.05) is 0 Å². The van der Waals surface area contributed by atoms with Crippen molar-refractivity contribution in [3.8, 4) is 0 Å². The minimum Gasteiger partial charge on any atom is -0.299 e. The fourth-order valence-corrected chi connectivity index (χ4v) is 0. The highest BCUT2D eigenvalue weighted by atomic mass is 31.2. The SMILES string of the molecule is N=C=O.O=P(O)(O)F. The highest BCUT2D eigenvalue weighted by molar-refractivity contribution is 7.45. The minimum atomic E-state index is -5.14. The van der Waals surface area contributed by atoms with Gasteiger partial charge in [0.1, 0.15) is 0 Å². The van der Waals surface area contributed by atoms with E-state index in [0.29, 0.717) is 0 Å². The fraction of sp³-hybridized carbons (Fsp3) is 0. The number of hydrogen-bond donors (Lipinski definition) is 3. The first-order valence-corrected chi connectivity index (χ1v) is 2.71. The van der Waals surface area contributed by atoms with E-state index < -0.39 is 7.91 Å². The molecule has 0 aliphatic heterocycles. The fourth-order valence-electron chi connectivity index (χ4n) is 0. The van der Waals surface area contributed by atoms with Gasteiger partial charge in [-0.2, -0.15) is 0 Å². The average molecular weight is 143 g/mol. The molecule has 8 heavy (non-hydrogen) atoms. The summed E-state index contributed by atoms with van der Waals surface area (Å²) in [5.74, 6) is 0. The van der Waals surface area contributed by atoms with E-state index in [1.165, 1.54) is 0 Å². The Morgan fingerprint density at radius 2 is 1.62 bits per heavy atom. The summed E-state index contributed by atoms with van der Waals surface area (Å²) in [5, 5.41) is 5.40. The molecular weight excluding hydrogens is 140 g/mol. The molecule has 0 aliphatic rings. The molecule has 0 amide bonds. The van der Waals surface area contributed by atoms with Crippen LogP contribution in [0.4, 0.5) is 4.20 Å². The highest BCUT2D eigenvalue weighted by Crippen LogP contribution is 2.34. The Morgan fingerprint density at radius 1 is 1.62 bits per heavy atom. The van der Waals surface area contributed by atoms with Crippen LogP contribution in [0.15, 0.2) is 0 Å². The third kappa shape index (κ3) is 372. The monoisotopic (exact) mass is 143 g/mol. The third-order valence-electron chi connectivity index (χ3n) is 0. The molecule has 48 valence electrons. The van der Waals surface area contributed by atoms with Gasteiger partial charge in [0.15, 0.2) is 0 Å². The predicted molar refractivity (Wildman–Crippen MR) is 21.6 cm³/mol. The molecule has 0 fully saturated rings. The van der Waals surface area contributed by atoms with Gasteiger partial charge in [0.2, 0.25) is 6.08 Å². The van der Waals surface area contributed by atoms with Gasteiger partial charge in [0, 0.05) is 0 Å². The van der Waals surface area contributed by atoms with E-state index in [1.54, 1.807) is 0 Å². The molecule has 3 N–H and O–H groups in total. The number of hydrogen-bond acceptors (Lipinski definition) is 3. The number of halogens is 1. The summed E-state index contributed by atoms with van der Waals surface area (Å²) in [6, 6.07) is 0. The van der Waals surface area contributed by atoms with Crippen LogP contribution >= 0.6 is 7.91 Å². The molecule has 0 bridgehead atoms. The Kier molecular flexibility index (Phi) is 6.02. The summed E-state index contributed by atoms with van der Waals surface area (Å²) in [7, 11) is -5.14. The molecule has 0 aliphatic carbocycles. The predicted octanol–water partition coefficient (Wildman–Crippen LogP) is -0.0504. The second-order valence-corrected chi connectivity index (χ2v) is 1.52. The Hall–Kier alpha value is -0.540. The molecule has 0 atom stereocenters. The molecule has 5 nitrogen and oxygen atoms in total. The van der Waals surface area contributed by atoms with E-state index in [4.69, 9.17) is 24.6 Å². The van der Waals surface area contributed by atoms with Gasteiger partial charge in [-0.15, -0.1) is 4.20 Å². The van der Waals surface area contributed by atoms with Crippen molar-refractivity contribution in [1.29, 1.82) is 5.41 Å². The Balaban J connectivity index is 0. The van der Waals surface area contributed by atoms with Crippen LogP contribution in [-0.2, 0) is 9.36 Å². The Labute approximate surface area is 43.9 Å². The molecule has 0 heterocycles. The molecule has 0 spiro atoms. The minimum absolute atomic E-state index is 0.750. The zero-order valence-electron chi connectivity index (χ0n) is 3.54. The second-order valence-electron chi connectivity index (χ2n) is 0.575. The lowest BCUT2D eigenvalue weighted by Gasteiger charge is -1.77. The van der Waals surface area contributed by atoms with Crippen molar-refractivity contribution in [2.45, 2.75) is 0 Å². The van der Waals surface area contributed by atoms with Gasteiger partial charge in [0.05, 0.1) is 0 Å². The maximum atomic E-state index is 10.4. The largest absolute Gasteiger partial charge is 0.507 e. The van der Waals surface area contributed by atoms with Gasteiger partial charge in [0.25, 0.3) is 0 Å². The van der Waals surface area contributed by atoms with Gasteiger partial charge in [-0.1, -0.05) is 0 Å². The first-order valence-electron chi connectivity index (χ1n) is 1.21. The van der Waals surface area contributed by atoms with E-state index in [2.05, 4.69) is 0 Å². The third-order valence-corrected chi connectivity index (χ3v) is 0. The number of isocyanates is 1. The number of nitrogens with one attached hydrogen (secondary N) is 1.